The Kier molecular flexibility index (Phi) is 10.8. The monoisotopic (exact) mass is 603 g/mol. The van der Waals surface area contributed by atoms with Crippen LogP contribution in [0.1, 0.15) is 50.3 Å². The van der Waals surface area contributed by atoms with Crippen LogP contribution in [-0.4, -0.2) is 43.8 Å². The summed E-state index contributed by atoms with van der Waals surface area (Å²) in [6.45, 7) is 6.51. The third-order valence-corrected chi connectivity index (χ3v) is 8.85. The molecule has 0 fully saturated rings. The van der Waals surface area contributed by atoms with Crippen LogP contribution >= 0.6 is 0 Å². The first kappa shape index (κ1) is 32.7. The Morgan fingerprint density at radius 2 is 1.55 bits per heavy atom. The average molecular weight is 604 g/mol. The highest BCUT2D eigenvalue weighted by Gasteiger charge is 2.36. The van der Waals surface area contributed by atoms with Crippen molar-refractivity contribution in [2.75, 3.05) is 10.8 Å². The summed E-state index contributed by atoms with van der Waals surface area (Å²) in [5.74, 6) is -1.13. The maximum atomic E-state index is 14.1. The molecular weight excluding hydrogens is 567 g/mol. The van der Waals surface area contributed by atoms with Crippen LogP contribution in [0.5, 0.6) is 0 Å². The van der Waals surface area contributed by atoms with Gasteiger partial charge in [-0.05, 0) is 68.1 Å². The number of alkyl halides is 3. The molecule has 0 unspecified atom stereocenters. The van der Waals surface area contributed by atoms with E-state index >= 15 is 0 Å². The molecule has 1 N–H and O–H groups in total. The fraction of sp³-hybridized carbons (Fsp3) is 0.355. The van der Waals surface area contributed by atoms with Crippen molar-refractivity contribution in [3.63, 3.8) is 0 Å². The Hall–Kier alpha value is -3.86. The van der Waals surface area contributed by atoms with Gasteiger partial charge in [0.25, 0.3) is 10.0 Å². The van der Waals surface area contributed by atoms with Crippen molar-refractivity contribution < 1.29 is 31.2 Å². The lowest BCUT2D eigenvalue weighted by Crippen LogP contribution is -2.53. The largest absolute Gasteiger partial charge is 0.416 e. The number of nitrogens with zero attached hydrogens (tertiary/aromatic N) is 2. The van der Waals surface area contributed by atoms with Crippen LogP contribution in [-0.2, 0) is 32.3 Å². The molecule has 0 aliphatic heterocycles. The molecule has 3 rings (SSSR count). The van der Waals surface area contributed by atoms with Gasteiger partial charge in [0, 0.05) is 12.6 Å². The van der Waals surface area contributed by atoms with E-state index in [-0.39, 0.29) is 29.6 Å². The molecule has 0 aliphatic carbocycles. The van der Waals surface area contributed by atoms with Crippen LogP contribution < -0.4 is 9.62 Å². The van der Waals surface area contributed by atoms with Crippen LogP contribution in [0.25, 0.3) is 0 Å². The van der Waals surface area contributed by atoms with E-state index in [9.17, 15) is 31.2 Å². The summed E-state index contributed by atoms with van der Waals surface area (Å²) < 4.78 is 69.1. The van der Waals surface area contributed by atoms with Gasteiger partial charge in [-0.2, -0.15) is 13.2 Å². The van der Waals surface area contributed by atoms with E-state index in [1.807, 2.05) is 32.9 Å². The van der Waals surface area contributed by atoms with E-state index < -0.39 is 46.2 Å². The molecule has 3 aromatic rings. The minimum absolute atomic E-state index is 0.000243. The van der Waals surface area contributed by atoms with Gasteiger partial charge in [0.2, 0.25) is 11.8 Å². The standard InChI is InChI=1S/C31H36F3N3O4S/c1-5-23(4)35-30(39)28(6-2)36(20-24-14-11-10-13-22(24)3)29(38)21-37(42(40,41)27-17-8-7-9-18-27)26-16-12-15-25(19-26)31(32,33)34/h7-19,23,28H,5-6,20-21H2,1-4H3,(H,35,39)/t23-,28-/m1/s1. The molecule has 2 amide bonds. The van der Waals surface area contributed by atoms with E-state index in [2.05, 4.69) is 5.32 Å². The summed E-state index contributed by atoms with van der Waals surface area (Å²) in [6, 6.07) is 17.2. The van der Waals surface area contributed by atoms with Gasteiger partial charge in [-0.25, -0.2) is 8.42 Å². The van der Waals surface area contributed by atoms with E-state index in [0.717, 1.165) is 23.3 Å². The number of rotatable bonds is 12. The predicted molar refractivity (Wildman–Crippen MR) is 156 cm³/mol. The zero-order chi connectivity index (χ0) is 31.1. The van der Waals surface area contributed by atoms with Gasteiger partial charge in [0.15, 0.2) is 0 Å². The molecule has 7 nitrogen and oxygen atoms in total. The second-order valence-electron chi connectivity index (χ2n) is 10.1. The van der Waals surface area contributed by atoms with Gasteiger partial charge in [-0.1, -0.05) is 62.4 Å². The van der Waals surface area contributed by atoms with Crippen LogP contribution in [0.2, 0.25) is 0 Å². The van der Waals surface area contributed by atoms with Crippen molar-refractivity contribution in [2.45, 2.75) is 70.2 Å². The average Bonchev–Trinajstić information content (AvgIpc) is 2.96. The molecule has 42 heavy (non-hydrogen) atoms. The zero-order valence-corrected chi connectivity index (χ0v) is 24.9. The summed E-state index contributed by atoms with van der Waals surface area (Å²) in [7, 11) is -4.48. The highest BCUT2D eigenvalue weighted by atomic mass is 32.2. The Morgan fingerprint density at radius 1 is 0.905 bits per heavy atom. The molecule has 0 heterocycles. The lowest BCUT2D eigenvalue weighted by atomic mass is 10.1. The fourth-order valence-corrected chi connectivity index (χ4v) is 5.84. The van der Waals surface area contributed by atoms with Gasteiger partial charge >= 0.3 is 6.18 Å². The van der Waals surface area contributed by atoms with E-state index in [1.165, 1.54) is 35.2 Å². The van der Waals surface area contributed by atoms with Crippen LogP contribution in [0.15, 0.2) is 83.8 Å². The first-order valence-corrected chi connectivity index (χ1v) is 15.1. The third-order valence-electron chi connectivity index (χ3n) is 7.06. The molecule has 0 aliphatic rings. The molecule has 226 valence electrons. The van der Waals surface area contributed by atoms with Gasteiger partial charge in [0.1, 0.15) is 12.6 Å². The highest BCUT2D eigenvalue weighted by Crippen LogP contribution is 2.33. The summed E-state index contributed by atoms with van der Waals surface area (Å²) in [5, 5.41) is 2.89. The smallest absolute Gasteiger partial charge is 0.352 e. The number of hydrogen-bond acceptors (Lipinski definition) is 4. The second-order valence-corrected chi connectivity index (χ2v) is 11.9. The van der Waals surface area contributed by atoms with Gasteiger partial charge in [-0.15, -0.1) is 0 Å². The van der Waals surface area contributed by atoms with Crippen molar-refractivity contribution in [3.8, 4) is 0 Å². The van der Waals surface area contributed by atoms with E-state index in [1.54, 1.807) is 25.1 Å². The summed E-state index contributed by atoms with van der Waals surface area (Å²) in [4.78, 5) is 28.5. The highest BCUT2D eigenvalue weighted by molar-refractivity contribution is 7.92. The summed E-state index contributed by atoms with van der Waals surface area (Å²) in [5.41, 5.74) is 0.225. The lowest BCUT2D eigenvalue weighted by Gasteiger charge is -2.34. The summed E-state index contributed by atoms with van der Waals surface area (Å²) >= 11 is 0. The molecule has 0 bridgehead atoms. The number of hydrogen-bond donors (Lipinski definition) is 1. The Labute approximate surface area is 245 Å². The molecule has 0 spiro atoms. The number of anilines is 1. The van der Waals surface area contributed by atoms with Crippen molar-refractivity contribution in [3.05, 3.63) is 95.6 Å². The molecular formula is C31H36F3N3O4S. The molecule has 0 saturated heterocycles. The molecule has 0 aromatic heterocycles. The second kappa shape index (κ2) is 13.9. The molecule has 0 saturated carbocycles. The Morgan fingerprint density at radius 3 is 2.14 bits per heavy atom. The normalized spacial score (nSPS) is 13.2. The molecule has 11 heteroatoms. The van der Waals surface area contributed by atoms with Crippen LogP contribution in [0.3, 0.4) is 0 Å². The number of aryl methyl sites for hydroxylation is 1. The van der Waals surface area contributed by atoms with E-state index in [4.69, 9.17) is 0 Å². The number of sulfonamides is 1. The van der Waals surface area contributed by atoms with E-state index in [0.29, 0.717) is 16.8 Å². The van der Waals surface area contributed by atoms with Crippen molar-refractivity contribution >= 4 is 27.5 Å². The SMILES string of the molecule is CC[C@@H](C)NC(=O)[C@@H](CC)N(Cc1ccccc1C)C(=O)CN(c1cccc(C(F)(F)F)c1)S(=O)(=O)c1ccccc1. The molecule has 3 aromatic carbocycles. The number of halogens is 3. The quantitative estimate of drug-likeness (QED) is 0.278. The van der Waals surface area contributed by atoms with Crippen LogP contribution in [0.4, 0.5) is 18.9 Å². The topological polar surface area (TPSA) is 86.8 Å². The lowest BCUT2D eigenvalue weighted by molar-refractivity contribution is -0.140. The number of amides is 2. The maximum Gasteiger partial charge on any atom is 0.416 e. The fourth-order valence-electron chi connectivity index (χ4n) is 4.42. The Balaban J connectivity index is 2.12. The number of benzene rings is 3. The Bertz CT molecular complexity index is 1480. The van der Waals surface area contributed by atoms with Gasteiger partial charge < -0.3 is 10.2 Å². The number of carbonyl (C=O) groups is 2. The third kappa shape index (κ3) is 7.90. The minimum Gasteiger partial charge on any atom is -0.352 e. The van der Waals surface area contributed by atoms with Crippen molar-refractivity contribution in [2.24, 2.45) is 0 Å². The minimum atomic E-state index is -4.74. The van der Waals surface area contributed by atoms with Gasteiger partial charge in [-0.3, -0.25) is 13.9 Å². The first-order chi connectivity index (χ1) is 19.8. The van der Waals surface area contributed by atoms with Crippen molar-refractivity contribution in [1.82, 2.24) is 10.2 Å². The summed E-state index contributed by atoms with van der Waals surface area (Å²) in [6.07, 6.45) is -3.85. The maximum absolute atomic E-state index is 14.1. The number of nitrogens with one attached hydrogen (secondary N) is 1. The van der Waals surface area contributed by atoms with Crippen LogP contribution in [0, 0.1) is 6.92 Å². The molecule has 2 atom stereocenters. The first-order valence-electron chi connectivity index (χ1n) is 13.7. The van der Waals surface area contributed by atoms with Crippen molar-refractivity contribution in [1.29, 1.82) is 0 Å². The van der Waals surface area contributed by atoms with Gasteiger partial charge in [0.05, 0.1) is 16.1 Å². The number of carbonyl (C=O) groups excluding carboxylic acids is 2. The zero-order valence-electron chi connectivity index (χ0n) is 24.1. The molecule has 0 radical (unpaired) electrons. The predicted octanol–water partition coefficient (Wildman–Crippen LogP) is 5.93.